The van der Waals surface area contributed by atoms with Crippen molar-refractivity contribution >= 4 is 28.7 Å². The van der Waals surface area contributed by atoms with Crippen molar-refractivity contribution in [2.75, 3.05) is 26.3 Å². The zero-order valence-electron chi connectivity index (χ0n) is 10.7. The van der Waals surface area contributed by atoms with Crippen molar-refractivity contribution in [2.45, 2.75) is 25.8 Å². The summed E-state index contributed by atoms with van der Waals surface area (Å²) in [7, 11) is 0. The minimum Gasteiger partial charge on any atom is -0.379 e. The number of thiophene rings is 1. The Labute approximate surface area is 117 Å². The molecule has 100 valence electrons. The van der Waals surface area contributed by atoms with E-state index in [1.54, 1.807) is 0 Å². The summed E-state index contributed by atoms with van der Waals surface area (Å²) in [6.45, 7) is 7.06. The van der Waals surface area contributed by atoms with Crippen LogP contribution in [-0.2, 0) is 16.0 Å². The smallest absolute Gasteiger partial charge is 0.157 e. The van der Waals surface area contributed by atoms with E-state index in [0.29, 0.717) is 19.6 Å². The van der Waals surface area contributed by atoms with Crippen LogP contribution in [0.4, 0.5) is 0 Å². The predicted octanol–water partition coefficient (Wildman–Crippen LogP) is 2.62. The highest BCUT2D eigenvalue weighted by Crippen LogP contribution is 2.25. The fraction of sp³-hybridized carbons (Fsp3) is 0.615. The zero-order valence-corrected chi connectivity index (χ0v) is 12.3. The minimum absolute atomic E-state index is 0.239. The van der Waals surface area contributed by atoms with Crippen LogP contribution in [0.1, 0.15) is 18.7 Å². The van der Waals surface area contributed by atoms with Crippen LogP contribution in [0.15, 0.2) is 12.1 Å². The Hall–Kier alpha value is -0.420. The van der Waals surface area contributed by atoms with Gasteiger partial charge in [0.1, 0.15) is 0 Å². The van der Waals surface area contributed by atoms with Gasteiger partial charge in [0.05, 0.1) is 23.1 Å². The second-order valence-electron chi connectivity index (χ2n) is 4.96. The Morgan fingerprint density at radius 2 is 2.11 bits per heavy atom. The van der Waals surface area contributed by atoms with Gasteiger partial charge in [-0.2, -0.15) is 0 Å². The van der Waals surface area contributed by atoms with Crippen molar-refractivity contribution in [3.05, 3.63) is 21.3 Å². The van der Waals surface area contributed by atoms with Crippen molar-refractivity contribution < 1.29 is 9.53 Å². The summed E-state index contributed by atoms with van der Waals surface area (Å²) in [5.74, 6) is 0.239. The van der Waals surface area contributed by atoms with Crippen molar-refractivity contribution in [2.24, 2.45) is 0 Å². The van der Waals surface area contributed by atoms with Crippen LogP contribution in [0, 0.1) is 0 Å². The normalized spacial score (nSPS) is 17.9. The van der Waals surface area contributed by atoms with Gasteiger partial charge in [0, 0.05) is 24.4 Å². The molecule has 0 N–H and O–H groups in total. The Morgan fingerprint density at radius 3 is 2.67 bits per heavy atom. The van der Waals surface area contributed by atoms with Gasteiger partial charge >= 0.3 is 0 Å². The summed E-state index contributed by atoms with van der Waals surface area (Å²) in [6, 6.07) is 3.77. The van der Waals surface area contributed by atoms with Crippen LogP contribution in [0.25, 0.3) is 0 Å². The molecule has 1 fully saturated rings. The molecule has 18 heavy (non-hydrogen) atoms. The highest BCUT2D eigenvalue weighted by molar-refractivity contribution is 7.16. The molecule has 0 bridgehead atoms. The Morgan fingerprint density at radius 1 is 1.44 bits per heavy atom. The van der Waals surface area contributed by atoms with Crippen LogP contribution < -0.4 is 0 Å². The Bertz CT molecular complexity index is 424. The van der Waals surface area contributed by atoms with Crippen molar-refractivity contribution in [1.29, 1.82) is 0 Å². The standard InChI is InChI=1S/C13H18ClNO2S/c1-13(2,15-5-7-17-8-6-15)11(16)9-10-3-4-12(14)18-10/h3-4H,5-9H2,1-2H3. The molecule has 3 nitrogen and oxygen atoms in total. The molecule has 0 aliphatic carbocycles. The van der Waals surface area contributed by atoms with Crippen LogP contribution in [0.3, 0.4) is 0 Å². The van der Waals surface area contributed by atoms with Gasteiger partial charge in [-0.1, -0.05) is 11.6 Å². The van der Waals surface area contributed by atoms with E-state index in [0.717, 1.165) is 22.3 Å². The van der Waals surface area contributed by atoms with E-state index in [9.17, 15) is 4.79 Å². The first kappa shape index (κ1) is 14.0. The molecule has 0 atom stereocenters. The average molecular weight is 288 g/mol. The number of carbonyl (C=O) groups is 1. The number of rotatable bonds is 4. The monoisotopic (exact) mass is 287 g/mol. The first-order chi connectivity index (χ1) is 8.50. The molecule has 0 spiro atoms. The van der Waals surface area contributed by atoms with Gasteiger partial charge < -0.3 is 4.74 Å². The molecule has 1 aromatic rings. The third kappa shape index (κ3) is 3.12. The Kier molecular flexibility index (Phi) is 4.43. The lowest BCUT2D eigenvalue weighted by Crippen LogP contribution is -2.54. The number of carbonyl (C=O) groups excluding carboxylic acids is 1. The molecule has 1 aromatic heterocycles. The highest BCUT2D eigenvalue weighted by atomic mass is 35.5. The first-order valence-corrected chi connectivity index (χ1v) is 7.30. The fourth-order valence-electron chi connectivity index (χ4n) is 2.12. The topological polar surface area (TPSA) is 29.5 Å². The number of hydrogen-bond acceptors (Lipinski definition) is 4. The van der Waals surface area contributed by atoms with E-state index in [1.807, 2.05) is 26.0 Å². The maximum Gasteiger partial charge on any atom is 0.157 e. The second-order valence-corrected chi connectivity index (χ2v) is 6.76. The number of morpholine rings is 1. The molecule has 0 amide bonds. The SMILES string of the molecule is CC(C)(C(=O)Cc1ccc(Cl)s1)N1CCOCC1. The summed E-state index contributed by atoms with van der Waals surface area (Å²) in [4.78, 5) is 15.7. The van der Waals surface area contributed by atoms with Crippen molar-refractivity contribution in [1.82, 2.24) is 4.90 Å². The van der Waals surface area contributed by atoms with Gasteiger partial charge in [0.2, 0.25) is 0 Å². The summed E-state index contributed by atoms with van der Waals surface area (Å²) in [6.07, 6.45) is 0.460. The Balaban J connectivity index is 2.02. The van der Waals surface area contributed by atoms with E-state index in [4.69, 9.17) is 16.3 Å². The number of hydrogen-bond donors (Lipinski definition) is 0. The number of ether oxygens (including phenoxy) is 1. The summed E-state index contributed by atoms with van der Waals surface area (Å²) in [5.41, 5.74) is -0.430. The molecule has 0 saturated carbocycles. The van der Waals surface area contributed by atoms with E-state index in [-0.39, 0.29) is 5.78 Å². The predicted molar refractivity (Wildman–Crippen MR) is 74.5 cm³/mol. The lowest BCUT2D eigenvalue weighted by atomic mass is 9.93. The molecule has 1 saturated heterocycles. The van der Waals surface area contributed by atoms with E-state index in [2.05, 4.69) is 4.90 Å². The quantitative estimate of drug-likeness (QED) is 0.853. The maximum atomic E-state index is 12.4. The third-order valence-corrected chi connectivity index (χ3v) is 4.68. The molecule has 2 rings (SSSR count). The van der Waals surface area contributed by atoms with Gasteiger partial charge in [-0.15, -0.1) is 11.3 Å². The molecular formula is C13H18ClNO2S. The van der Waals surface area contributed by atoms with Crippen LogP contribution >= 0.6 is 22.9 Å². The lowest BCUT2D eigenvalue weighted by molar-refractivity contribution is -0.131. The molecule has 1 aliphatic heterocycles. The molecule has 5 heteroatoms. The van der Waals surface area contributed by atoms with Gasteiger partial charge in [0.25, 0.3) is 0 Å². The van der Waals surface area contributed by atoms with Gasteiger partial charge in [-0.3, -0.25) is 9.69 Å². The number of Topliss-reactive ketones (excluding diaryl/α,β-unsaturated/α-hetero) is 1. The lowest BCUT2D eigenvalue weighted by Gasteiger charge is -2.39. The zero-order chi connectivity index (χ0) is 13.2. The summed E-state index contributed by atoms with van der Waals surface area (Å²) < 4.78 is 6.07. The van der Waals surface area contributed by atoms with Crippen LogP contribution in [-0.4, -0.2) is 42.5 Å². The average Bonchev–Trinajstić information content (AvgIpc) is 2.76. The summed E-state index contributed by atoms with van der Waals surface area (Å²) >= 11 is 7.37. The van der Waals surface area contributed by atoms with Crippen molar-refractivity contribution in [3.8, 4) is 0 Å². The van der Waals surface area contributed by atoms with E-state index < -0.39 is 5.54 Å². The van der Waals surface area contributed by atoms with Gasteiger partial charge in [-0.25, -0.2) is 0 Å². The number of ketones is 1. The van der Waals surface area contributed by atoms with Crippen molar-refractivity contribution in [3.63, 3.8) is 0 Å². The second kappa shape index (κ2) is 5.70. The first-order valence-electron chi connectivity index (χ1n) is 6.10. The third-order valence-electron chi connectivity index (χ3n) is 3.45. The maximum absolute atomic E-state index is 12.4. The molecule has 0 aromatic carbocycles. The number of halogens is 1. The molecule has 0 radical (unpaired) electrons. The van der Waals surface area contributed by atoms with E-state index >= 15 is 0 Å². The van der Waals surface area contributed by atoms with Gasteiger partial charge in [0.15, 0.2) is 5.78 Å². The van der Waals surface area contributed by atoms with Gasteiger partial charge in [-0.05, 0) is 26.0 Å². The number of nitrogens with zero attached hydrogens (tertiary/aromatic N) is 1. The van der Waals surface area contributed by atoms with Crippen LogP contribution in [0.2, 0.25) is 4.34 Å². The minimum atomic E-state index is -0.430. The molecule has 2 heterocycles. The fourth-order valence-corrected chi connectivity index (χ4v) is 3.21. The molecular weight excluding hydrogens is 270 g/mol. The highest BCUT2D eigenvalue weighted by Gasteiger charge is 2.35. The van der Waals surface area contributed by atoms with E-state index in [1.165, 1.54) is 11.3 Å². The summed E-state index contributed by atoms with van der Waals surface area (Å²) in [5, 5.41) is 0. The van der Waals surface area contributed by atoms with Crippen LogP contribution in [0.5, 0.6) is 0 Å². The largest absolute Gasteiger partial charge is 0.379 e. The molecule has 1 aliphatic rings. The molecule has 0 unspecified atom stereocenters.